The Kier molecular flexibility index (Phi) is 4.68. The fraction of sp³-hybridized carbons (Fsp3) is 0.333. The smallest absolute Gasteiger partial charge is 0.185 e. The van der Waals surface area contributed by atoms with Crippen LogP contribution >= 0.6 is 11.3 Å². The second-order valence-corrected chi connectivity index (χ2v) is 5.65. The Hall–Kier alpha value is -1.68. The highest BCUT2D eigenvalue weighted by Gasteiger charge is 2.19. The predicted molar refractivity (Wildman–Crippen MR) is 81.4 cm³/mol. The van der Waals surface area contributed by atoms with Crippen molar-refractivity contribution >= 4 is 29.4 Å². The summed E-state index contributed by atoms with van der Waals surface area (Å²) in [5.74, 6) is 0.171. The first-order chi connectivity index (χ1) is 9.16. The van der Waals surface area contributed by atoms with Crippen molar-refractivity contribution in [3.05, 3.63) is 39.6 Å². The van der Waals surface area contributed by atoms with Crippen molar-refractivity contribution in [1.82, 2.24) is 5.01 Å². The quantitative estimate of drug-likeness (QED) is 0.481. The van der Waals surface area contributed by atoms with Crippen LogP contribution in [0.4, 0.5) is 0 Å². The average molecular weight is 274 g/mol. The molecule has 0 radical (unpaired) electrons. The summed E-state index contributed by atoms with van der Waals surface area (Å²) in [7, 11) is 3.72. The van der Waals surface area contributed by atoms with E-state index in [-0.39, 0.29) is 5.78 Å². The lowest BCUT2D eigenvalue weighted by molar-refractivity contribution is -0.112. The molecule has 0 bridgehead atoms. The van der Waals surface area contributed by atoms with Crippen molar-refractivity contribution in [3.8, 4) is 0 Å². The number of hydrogen-bond donors (Lipinski definition) is 0. The van der Waals surface area contributed by atoms with E-state index >= 15 is 0 Å². The second-order valence-electron chi connectivity index (χ2n) is 4.67. The highest BCUT2D eigenvalue weighted by Crippen LogP contribution is 2.27. The van der Waals surface area contributed by atoms with Gasteiger partial charge in [0.1, 0.15) is 0 Å². The molecule has 0 N–H and O–H groups in total. The van der Waals surface area contributed by atoms with Crippen LogP contribution < -0.4 is 0 Å². The summed E-state index contributed by atoms with van der Waals surface area (Å²) in [5, 5.41) is 7.86. The van der Waals surface area contributed by atoms with Gasteiger partial charge in [0.15, 0.2) is 5.78 Å². The minimum absolute atomic E-state index is 0.171. The topological polar surface area (TPSA) is 32.7 Å². The molecule has 100 valence electrons. The van der Waals surface area contributed by atoms with Crippen molar-refractivity contribution < 1.29 is 4.79 Å². The Labute approximate surface area is 117 Å². The number of ketones is 1. The van der Waals surface area contributed by atoms with Crippen LogP contribution in [-0.2, 0) is 4.79 Å². The third-order valence-electron chi connectivity index (χ3n) is 2.91. The monoisotopic (exact) mass is 274 g/mol. The Morgan fingerprint density at radius 3 is 2.79 bits per heavy atom. The van der Waals surface area contributed by atoms with Gasteiger partial charge in [-0.3, -0.25) is 4.79 Å². The second kappa shape index (κ2) is 6.48. The molecule has 2 rings (SSSR count). The van der Waals surface area contributed by atoms with Gasteiger partial charge in [0, 0.05) is 36.3 Å². The Morgan fingerprint density at radius 1 is 1.32 bits per heavy atom. The normalized spacial score (nSPS) is 20.6. The molecular weight excluding hydrogens is 256 g/mol. The minimum atomic E-state index is 0.171. The molecule has 1 aliphatic rings. The zero-order valence-corrected chi connectivity index (χ0v) is 12.1. The van der Waals surface area contributed by atoms with Crippen LogP contribution in [0.3, 0.4) is 0 Å². The van der Waals surface area contributed by atoms with Crippen LogP contribution in [0.25, 0.3) is 6.08 Å². The minimum Gasteiger partial charge on any atom is -0.303 e. The van der Waals surface area contributed by atoms with Gasteiger partial charge in [-0.1, -0.05) is 6.07 Å². The number of hydrogen-bond acceptors (Lipinski definition) is 4. The highest BCUT2D eigenvalue weighted by molar-refractivity contribution is 7.10. The van der Waals surface area contributed by atoms with Crippen LogP contribution in [0.15, 0.2) is 39.8 Å². The lowest BCUT2D eigenvalue weighted by Gasteiger charge is -2.15. The Bertz CT molecular complexity index is 524. The molecule has 1 aromatic rings. The first-order valence-corrected chi connectivity index (χ1v) is 7.24. The molecule has 0 aliphatic heterocycles. The van der Waals surface area contributed by atoms with Gasteiger partial charge in [-0.15, -0.1) is 11.3 Å². The predicted octanol–water partition coefficient (Wildman–Crippen LogP) is 3.36. The van der Waals surface area contributed by atoms with Crippen molar-refractivity contribution in [2.45, 2.75) is 19.3 Å². The van der Waals surface area contributed by atoms with E-state index in [2.05, 4.69) is 5.10 Å². The number of rotatable bonds is 3. The van der Waals surface area contributed by atoms with E-state index < -0.39 is 0 Å². The number of Topliss-reactive ketones (excluding diaryl/α,β-unsaturated/α-hetero) is 1. The van der Waals surface area contributed by atoms with Gasteiger partial charge in [-0.2, -0.15) is 5.10 Å². The number of nitrogens with zero attached hydrogens (tertiary/aromatic N) is 2. The molecule has 0 unspecified atom stereocenters. The Balaban J connectivity index is 2.15. The van der Waals surface area contributed by atoms with Gasteiger partial charge >= 0.3 is 0 Å². The number of allylic oxidation sites excluding steroid dienone is 3. The molecule has 1 heterocycles. The van der Waals surface area contributed by atoms with Crippen LogP contribution in [0, 0.1) is 0 Å². The van der Waals surface area contributed by atoms with Gasteiger partial charge in [0.2, 0.25) is 0 Å². The molecule has 4 heteroatoms. The maximum absolute atomic E-state index is 12.3. The molecule has 1 aliphatic carbocycles. The van der Waals surface area contributed by atoms with Crippen molar-refractivity contribution in [2.75, 3.05) is 14.1 Å². The van der Waals surface area contributed by atoms with E-state index in [1.165, 1.54) is 0 Å². The summed E-state index contributed by atoms with van der Waals surface area (Å²) >= 11 is 1.66. The summed E-state index contributed by atoms with van der Waals surface area (Å²) in [6.07, 6.45) is 8.30. The van der Waals surface area contributed by atoms with E-state index in [1.807, 2.05) is 43.8 Å². The third kappa shape index (κ3) is 3.89. The van der Waals surface area contributed by atoms with Crippen LogP contribution in [0.2, 0.25) is 0 Å². The zero-order valence-electron chi connectivity index (χ0n) is 11.3. The van der Waals surface area contributed by atoms with Gasteiger partial charge < -0.3 is 5.01 Å². The summed E-state index contributed by atoms with van der Waals surface area (Å²) < 4.78 is 0. The standard InChI is InChI=1S/C15H18N2OS/c1-17(2)16-9-8-12-5-3-6-13(15(12)18)11-14-7-4-10-19-14/h4,7-11H,3,5-6H2,1-2H3/b12-8-,13-11-,16-9+. The molecule has 0 saturated heterocycles. The summed E-state index contributed by atoms with van der Waals surface area (Å²) in [6.45, 7) is 0. The first-order valence-electron chi connectivity index (χ1n) is 6.36. The molecule has 1 saturated carbocycles. The van der Waals surface area contributed by atoms with E-state index in [0.717, 1.165) is 35.3 Å². The molecule has 0 spiro atoms. The van der Waals surface area contributed by atoms with Crippen LogP contribution in [0.5, 0.6) is 0 Å². The van der Waals surface area contributed by atoms with Crippen molar-refractivity contribution in [1.29, 1.82) is 0 Å². The summed E-state index contributed by atoms with van der Waals surface area (Å²) in [5.41, 5.74) is 1.78. The molecule has 0 aromatic carbocycles. The SMILES string of the molecule is CN(C)/N=C/C=C1/CCC/C(=C/c2cccs2)C1=O. The average Bonchev–Trinajstić information content (AvgIpc) is 2.86. The van der Waals surface area contributed by atoms with E-state index in [1.54, 1.807) is 22.6 Å². The van der Waals surface area contributed by atoms with Gasteiger partial charge in [0.25, 0.3) is 0 Å². The largest absolute Gasteiger partial charge is 0.303 e. The molecule has 19 heavy (non-hydrogen) atoms. The van der Waals surface area contributed by atoms with E-state index in [4.69, 9.17) is 0 Å². The van der Waals surface area contributed by atoms with Crippen molar-refractivity contribution in [2.24, 2.45) is 5.10 Å². The maximum atomic E-state index is 12.3. The summed E-state index contributed by atoms with van der Waals surface area (Å²) in [4.78, 5) is 13.5. The molecule has 0 amide bonds. The molecule has 1 aromatic heterocycles. The van der Waals surface area contributed by atoms with Crippen LogP contribution in [0.1, 0.15) is 24.1 Å². The maximum Gasteiger partial charge on any atom is 0.185 e. The molecule has 1 fully saturated rings. The lowest BCUT2D eigenvalue weighted by atomic mass is 9.88. The lowest BCUT2D eigenvalue weighted by Crippen LogP contribution is -2.12. The van der Waals surface area contributed by atoms with Gasteiger partial charge in [-0.05, 0) is 42.9 Å². The molecule has 0 atom stereocenters. The number of thiophene rings is 1. The van der Waals surface area contributed by atoms with E-state index in [9.17, 15) is 4.79 Å². The van der Waals surface area contributed by atoms with Crippen molar-refractivity contribution in [3.63, 3.8) is 0 Å². The number of carbonyl (C=O) groups excluding carboxylic acids is 1. The molecular formula is C15H18N2OS. The van der Waals surface area contributed by atoms with Gasteiger partial charge in [0.05, 0.1) is 0 Å². The van der Waals surface area contributed by atoms with Crippen LogP contribution in [-0.4, -0.2) is 31.1 Å². The fourth-order valence-electron chi connectivity index (χ4n) is 2.00. The zero-order chi connectivity index (χ0) is 13.7. The fourth-order valence-corrected chi connectivity index (χ4v) is 2.68. The van der Waals surface area contributed by atoms with Gasteiger partial charge in [-0.25, -0.2) is 0 Å². The first kappa shape index (κ1) is 13.7. The summed E-state index contributed by atoms with van der Waals surface area (Å²) in [6, 6.07) is 4.04. The van der Waals surface area contributed by atoms with E-state index in [0.29, 0.717) is 0 Å². The molecule has 3 nitrogen and oxygen atoms in total. The number of carbonyl (C=O) groups is 1. The Morgan fingerprint density at radius 2 is 2.11 bits per heavy atom. The third-order valence-corrected chi connectivity index (χ3v) is 3.73. The highest BCUT2D eigenvalue weighted by atomic mass is 32.1. The number of hydrazone groups is 1.